The number of nitrogens with zero attached hydrogens (tertiary/aromatic N) is 2. The number of ketones is 1. The molecule has 0 unspecified atom stereocenters. The monoisotopic (exact) mass is 280 g/mol. The summed E-state index contributed by atoms with van der Waals surface area (Å²) in [6.45, 7) is 7.30. The highest BCUT2D eigenvalue weighted by Gasteiger charge is 2.35. The largest absolute Gasteiger partial charge is 0.303 e. The molecule has 0 atom stereocenters. The number of fused-ring (bicyclic) bond motifs is 1. The minimum Gasteiger partial charge on any atom is -0.303 e. The van der Waals surface area contributed by atoms with Gasteiger partial charge in [-0.1, -0.05) is 25.4 Å². The maximum Gasteiger partial charge on any atom is 0.299 e. The average molecular weight is 281 g/mol. The highest BCUT2D eigenvalue weighted by atomic mass is 35.5. The quantitative estimate of drug-likeness (QED) is 0.777. The molecule has 19 heavy (non-hydrogen) atoms. The number of hydrogen-bond donors (Lipinski definition) is 0. The maximum absolute atomic E-state index is 12.0. The fourth-order valence-corrected chi connectivity index (χ4v) is 2.45. The van der Waals surface area contributed by atoms with Gasteiger partial charge in [0.05, 0.1) is 11.3 Å². The van der Waals surface area contributed by atoms with Crippen LogP contribution in [0.15, 0.2) is 18.2 Å². The van der Waals surface area contributed by atoms with Gasteiger partial charge in [-0.15, -0.1) is 0 Å². The number of anilines is 1. The van der Waals surface area contributed by atoms with E-state index in [1.165, 1.54) is 0 Å². The Morgan fingerprint density at radius 1 is 1.21 bits per heavy atom. The van der Waals surface area contributed by atoms with Crippen molar-refractivity contribution in [2.24, 2.45) is 0 Å². The molecule has 0 aromatic heterocycles. The van der Waals surface area contributed by atoms with E-state index in [4.69, 9.17) is 11.6 Å². The number of Topliss-reactive ketones (excluding diaryl/α,β-unsaturated/α-hetero) is 1. The molecule has 0 aliphatic carbocycles. The minimum atomic E-state index is -0.461. The molecule has 5 heteroatoms. The zero-order valence-electron chi connectivity index (χ0n) is 11.1. The summed E-state index contributed by atoms with van der Waals surface area (Å²) in [6.07, 6.45) is 0. The van der Waals surface area contributed by atoms with Crippen molar-refractivity contribution in [1.82, 2.24) is 4.90 Å². The van der Waals surface area contributed by atoms with E-state index in [1.807, 2.05) is 0 Å². The van der Waals surface area contributed by atoms with E-state index in [9.17, 15) is 9.59 Å². The van der Waals surface area contributed by atoms with E-state index in [1.54, 1.807) is 23.1 Å². The first-order chi connectivity index (χ1) is 9.08. The van der Waals surface area contributed by atoms with Gasteiger partial charge in [0, 0.05) is 18.1 Å². The Bertz CT molecular complexity index is 512. The van der Waals surface area contributed by atoms with Crippen molar-refractivity contribution in [3.63, 3.8) is 0 Å². The fourth-order valence-electron chi connectivity index (χ4n) is 2.28. The summed E-state index contributed by atoms with van der Waals surface area (Å²) in [5, 5.41) is 0.477. The van der Waals surface area contributed by atoms with Crippen molar-refractivity contribution in [2.45, 2.75) is 13.8 Å². The van der Waals surface area contributed by atoms with Crippen molar-refractivity contribution in [1.29, 1.82) is 0 Å². The van der Waals surface area contributed by atoms with Gasteiger partial charge in [0.2, 0.25) is 0 Å². The van der Waals surface area contributed by atoms with Gasteiger partial charge in [-0.3, -0.25) is 9.59 Å². The summed E-state index contributed by atoms with van der Waals surface area (Å²) in [7, 11) is 0. The third-order valence-electron chi connectivity index (χ3n) is 3.47. The summed E-state index contributed by atoms with van der Waals surface area (Å²) in [5.41, 5.74) is 1.09. The lowest BCUT2D eigenvalue weighted by molar-refractivity contribution is -0.114. The zero-order valence-corrected chi connectivity index (χ0v) is 11.9. The summed E-state index contributed by atoms with van der Waals surface area (Å²) in [6, 6.07) is 5.01. The lowest BCUT2D eigenvalue weighted by Crippen LogP contribution is -2.38. The lowest BCUT2D eigenvalue weighted by atomic mass is 10.1. The molecule has 2 rings (SSSR count). The topological polar surface area (TPSA) is 40.6 Å². The Labute approximate surface area is 117 Å². The Morgan fingerprint density at radius 2 is 1.89 bits per heavy atom. The van der Waals surface area contributed by atoms with Gasteiger partial charge in [-0.05, 0) is 31.3 Å². The highest BCUT2D eigenvalue weighted by molar-refractivity contribution is 6.52. The smallest absolute Gasteiger partial charge is 0.299 e. The molecule has 0 radical (unpaired) electrons. The van der Waals surface area contributed by atoms with Crippen molar-refractivity contribution in [3.8, 4) is 0 Å². The molecule has 1 aromatic carbocycles. The van der Waals surface area contributed by atoms with Crippen molar-refractivity contribution in [2.75, 3.05) is 31.1 Å². The van der Waals surface area contributed by atoms with Gasteiger partial charge in [0.1, 0.15) is 0 Å². The molecule has 1 aromatic rings. The molecular weight excluding hydrogens is 264 g/mol. The van der Waals surface area contributed by atoms with Crippen LogP contribution in [0.2, 0.25) is 5.02 Å². The standard InChI is InChI=1S/C14H17ClN2O2/c1-3-16(4-2)7-8-17-12-6-5-10(15)9-11(12)13(18)14(17)19/h5-6,9H,3-4,7-8H2,1-2H3. The van der Waals surface area contributed by atoms with Crippen LogP contribution >= 0.6 is 11.6 Å². The van der Waals surface area contributed by atoms with Crippen LogP contribution in [0.5, 0.6) is 0 Å². The van der Waals surface area contributed by atoms with Crippen molar-refractivity contribution >= 4 is 29.0 Å². The number of rotatable bonds is 5. The van der Waals surface area contributed by atoms with Gasteiger partial charge in [-0.25, -0.2) is 0 Å². The highest BCUT2D eigenvalue weighted by Crippen LogP contribution is 2.30. The molecule has 0 N–H and O–H groups in total. The van der Waals surface area contributed by atoms with Crippen LogP contribution in [0.4, 0.5) is 5.69 Å². The minimum absolute atomic E-state index is 0.414. The van der Waals surface area contributed by atoms with Gasteiger partial charge in [0.15, 0.2) is 0 Å². The zero-order chi connectivity index (χ0) is 14.0. The number of likely N-dealkylation sites (N-methyl/N-ethyl adjacent to an activating group) is 1. The van der Waals surface area contributed by atoms with E-state index in [-0.39, 0.29) is 0 Å². The molecule has 1 aliphatic heterocycles. The maximum atomic E-state index is 12.0. The van der Waals surface area contributed by atoms with E-state index in [0.717, 1.165) is 19.6 Å². The van der Waals surface area contributed by atoms with Gasteiger partial charge in [-0.2, -0.15) is 0 Å². The van der Waals surface area contributed by atoms with E-state index < -0.39 is 11.7 Å². The third-order valence-corrected chi connectivity index (χ3v) is 3.70. The van der Waals surface area contributed by atoms with E-state index >= 15 is 0 Å². The Kier molecular flexibility index (Phi) is 4.22. The third kappa shape index (κ3) is 2.65. The van der Waals surface area contributed by atoms with Gasteiger partial charge >= 0.3 is 0 Å². The van der Waals surface area contributed by atoms with Crippen LogP contribution in [0.1, 0.15) is 24.2 Å². The fraction of sp³-hybridized carbons (Fsp3) is 0.429. The van der Waals surface area contributed by atoms with Gasteiger partial charge < -0.3 is 9.80 Å². The number of hydrogen-bond acceptors (Lipinski definition) is 3. The first kappa shape index (κ1) is 14.0. The van der Waals surface area contributed by atoms with Crippen LogP contribution in [0.25, 0.3) is 0 Å². The number of benzene rings is 1. The van der Waals surface area contributed by atoms with Crippen LogP contribution in [-0.4, -0.2) is 42.8 Å². The number of halogens is 1. The first-order valence-electron chi connectivity index (χ1n) is 6.46. The second-order valence-electron chi connectivity index (χ2n) is 4.47. The first-order valence-corrected chi connectivity index (χ1v) is 6.84. The average Bonchev–Trinajstić information content (AvgIpc) is 2.64. The summed E-state index contributed by atoms with van der Waals surface area (Å²) in [5.74, 6) is -0.915. The molecule has 0 spiro atoms. The Morgan fingerprint density at radius 3 is 2.53 bits per heavy atom. The predicted molar refractivity (Wildman–Crippen MR) is 75.9 cm³/mol. The molecule has 0 fully saturated rings. The van der Waals surface area contributed by atoms with Crippen molar-refractivity contribution in [3.05, 3.63) is 28.8 Å². The molecule has 0 saturated heterocycles. The molecular formula is C14H17ClN2O2. The number of carbonyl (C=O) groups excluding carboxylic acids is 2. The van der Waals surface area contributed by atoms with Crippen LogP contribution in [-0.2, 0) is 4.79 Å². The molecule has 0 bridgehead atoms. The Balaban J connectivity index is 2.19. The summed E-state index contributed by atoms with van der Waals surface area (Å²) < 4.78 is 0. The molecule has 0 saturated carbocycles. The normalized spacial score (nSPS) is 14.4. The van der Waals surface area contributed by atoms with Gasteiger partial charge in [0.25, 0.3) is 11.7 Å². The van der Waals surface area contributed by atoms with E-state index in [2.05, 4.69) is 18.7 Å². The van der Waals surface area contributed by atoms with E-state index in [0.29, 0.717) is 22.8 Å². The number of carbonyl (C=O) groups is 2. The van der Waals surface area contributed by atoms with Crippen LogP contribution < -0.4 is 4.90 Å². The predicted octanol–water partition coefficient (Wildman–Crippen LogP) is 2.21. The second kappa shape index (κ2) is 5.72. The van der Waals surface area contributed by atoms with Crippen LogP contribution in [0, 0.1) is 0 Å². The summed E-state index contributed by atoms with van der Waals surface area (Å²) in [4.78, 5) is 27.6. The molecule has 102 valence electrons. The summed E-state index contributed by atoms with van der Waals surface area (Å²) >= 11 is 5.87. The van der Waals surface area contributed by atoms with Crippen LogP contribution in [0.3, 0.4) is 0 Å². The molecule has 1 aliphatic rings. The molecule has 4 nitrogen and oxygen atoms in total. The lowest BCUT2D eigenvalue weighted by Gasteiger charge is -2.22. The molecule has 1 heterocycles. The number of amides is 1. The Hall–Kier alpha value is -1.39. The molecule has 1 amide bonds. The second-order valence-corrected chi connectivity index (χ2v) is 4.91. The van der Waals surface area contributed by atoms with Crippen molar-refractivity contribution < 1.29 is 9.59 Å². The SMILES string of the molecule is CCN(CC)CCN1C(=O)C(=O)c2cc(Cl)ccc21.